The second kappa shape index (κ2) is 5.39. The molecule has 16 heavy (non-hydrogen) atoms. The van der Waals surface area contributed by atoms with Gasteiger partial charge in [-0.25, -0.2) is 0 Å². The largest absolute Gasteiger partial charge is 0.385 e. The van der Waals surface area contributed by atoms with Crippen molar-refractivity contribution in [2.45, 2.75) is 19.1 Å². The molecule has 0 saturated carbocycles. The van der Waals surface area contributed by atoms with Crippen molar-refractivity contribution in [3.8, 4) is 0 Å². The molecule has 0 spiro atoms. The highest BCUT2D eigenvalue weighted by atomic mass is 16.5. The lowest BCUT2D eigenvalue weighted by Crippen LogP contribution is -2.44. The first-order valence-electron chi connectivity index (χ1n) is 5.70. The van der Waals surface area contributed by atoms with Crippen molar-refractivity contribution >= 4 is 0 Å². The minimum atomic E-state index is -0.528. The van der Waals surface area contributed by atoms with E-state index in [1.807, 2.05) is 25.1 Å². The smallest absolute Gasteiger partial charge is 0.111 e. The summed E-state index contributed by atoms with van der Waals surface area (Å²) in [5.74, 6) is 0. The zero-order valence-electron chi connectivity index (χ0n) is 9.54. The second-order valence-corrected chi connectivity index (χ2v) is 4.09. The van der Waals surface area contributed by atoms with Gasteiger partial charge in [-0.1, -0.05) is 6.07 Å². The van der Waals surface area contributed by atoms with Crippen molar-refractivity contribution in [3.63, 3.8) is 0 Å². The zero-order chi connectivity index (χ0) is 11.4. The predicted octanol–water partition coefficient (Wildman–Crippen LogP) is 0.836. The van der Waals surface area contributed by atoms with E-state index in [0.717, 1.165) is 32.0 Å². The lowest BCUT2D eigenvalue weighted by atomic mass is 10.1. The molecule has 88 valence electrons. The quantitative estimate of drug-likeness (QED) is 0.823. The summed E-state index contributed by atoms with van der Waals surface area (Å²) < 4.78 is 5.30. The van der Waals surface area contributed by atoms with Gasteiger partial charge in [-0.15, -0.1) is 0 Å². The maximum atomic E-state index is 10.2. The molecule has 1 fully saturated rings. The van der Waals surface area contributed by atoms with Crippen LogP contribution in [0.4, 0.5) is 0 Å². The van der Waals surface area contributed by atoms with Gasteiger partial charge in [0.2, 0.25) is 0 Å². The van der Waals surface area contributed by atoms with Crippen LogP contribution in [0.3, 0.4) is 0 Å². The number of aliphatic hydroxyl groups excluding tert-OH is 1. The monoisotopic (exact) mass is 222 g/mol. The molecule has 1 aliphatic heterocycles. The number of hydrogen-bond acceptors (Lipinski definition) is 4. The molecule has 2 atom stereocenters. The Bertz CT molecular complexity index is 312. The minimum Gasteiger partial charge on any atom is -0.385 e. The van der Waals surface area contributed by atoms with Gasteiger partial charge in [0.1, 0.15) is 6.10 Å². The average Bonchev–Trinajstić information content (AvgIpc) is 2.39. The first kappa shape index (κ1) is 11.5. The predicted molar refractivity (Wildman–Crippen MR) is 61.1 cm³/mol. The summed E-state index contributed by atoms with van der Waals surface area (Å²) in [4.78, 5) is 6.43. The Morgan fingerprint density at radius 2 is 2.12 bits per heavy atom. The van der Waals surface area contributed by atoms with Gasteiger partial charge in [0.25, 0.3) is 0 Å². The van der Waals surface area contributed by atoms with Gasteiger partial charge in [0.05, 0.1) is 18.9 Å². The molecule has 4 nitrogen and oxygen atoms in total. The van der Waals surface area contributed by atoms with Crippen molar-refractivity contribution in [2.24, 2.45) is 0 Å². The molecule has 0 aliphatic carbocycles. The Kier molecular flexibility index (Phi) is 3.88. The zero-order valence-corrected chi connectivity index (χ0v) is 9.54. The summed E-state index contributed by atoms with van der Waals surface area (Å²) in [6.45, 7) is 5.29. The van der Waals surface area contributed by atoms with Crippen molar-refractivity contribution in [2.75, 3.05) is 26.3 Å². The Hall–Kier alpha value is -0.970. The van der Waals surface area contributed by atoms with Gasteiger partial charge >= 0.3 is 0 Å². The van der Waals surface area contributed by atoms with Crippen LogP contribution in [-0.4, -0.2) is 47.3 Å². The number of aromatic nitrogens is 1. The first-order valence-corrected chi connectivity index (χ1v) is 5.70. The van der Waals surface area contributed by atoms with Crippen molar-refractivity contribution in [1.82, 2.24) is 9.88 Å². The van der Waals surface area contributed by atoms with E-state index in [4.69, 9.17) is 4.74 Å². The molecule has 0 aromatic carbocycles. The normalized spacial score (nSPS) is 21.6. The van der Waals surface area contributed by atoms with Gasteiger partial charge in [-0.3, -0.25) is 9.88 Å². The van der Waals surface area contributed by atoms with E-state index in [0.29, 0.717) is 0 Å². The fourth-order valence-electron chi connectivity index (χ4n) is 1.98. The van der Waals surface area contributed by atoms with Crippen molar-refractivity contribution in [3.05, 3.63) is 30.1 Å². The molecule has 1 N–H and O–H groups in total. The minimum absolute atomic E-state index is 0.0822. The van der Waals surface area contributed by atoms with Crippen LogP contribution in [0.2, 0.25) is 0 Å². The Balaban J connectivity index is 2.00. The average molecular weight is 222 g/mol. The van der Waals surface area contributed by atoms with Crippen LogP contribution in [0.5, 0.6) is 0 Å². The van der Waals surface area contributed by atoms with Crippen LogP contribution in [-0.2, 0) is 4.74 Å². The summed E-state index contributed by atoms with van der Waals surface area (Å²) in [5, 5.41) is 10.2. The third kappa shape index (κ3) is 2.58. The molecule has 1 aromatic heterocycles. The van der Waals surface area contributed by atoms with Crippen LogP contribution in [0.15, 0.2) is 24.4 Å². The summed E-state index contributed by atoms with van der Waals surface area (Å²) in [6, 6.07) is 5.70. The van der Waals surface area contributed by atoms with E-state index >= 15 is 0 Å². The summed E-state index contributed by atoms with van der Waals surface area (Å²) in [6.07, 6.45) is 1.18. The van der Waals surface area contributed by atoms with Crippen LogP contribution < -0.4 is 0 Å². The fraction of sp³-hybridized carbons (Fsp3) is 0.583. The molecule has 2 heterocycles. The van der Waals surface area contributed by atoms with Gasteiger partial charge in [-0.2, -0.15) is 0 Å². The molecule has 1 saturated heterocycles. The topological polar surface area (TPSA) is 45.6 Å². The van der Waals surface area contributed by atoms with Crippen molar-refractivity contribution in [1.29, 1.82) is 0 Å². The number of ether oxygens (including phenoxy) is 1. The molecule has 1 aliphatic rings. The van der Waals surface area contributed by atoms with Gasteiger partial charge < -0.3 is 9.84 Å². The van der Waals surface area contributed by atoms with Crippen LogP contribution in [0.1, 0.15) is 18.7 Å². The third-order valence-corrected chi connectivity index (χ3v) is 3.07. The van der Waals surface area contributed by atoms with E-state index in [1.165, 1.54) is 0 Å². The van der Waals surface area contributed by atoms with E-state index in [-0.39, 0.29) is 6.04 Å². The van der Waals surface area contributed by atoms with Gasteiger partial charge in [-0.05, 0) is 19.1 Å². The van der Waals surface area contributed by atoms with Gasteiger partial charge in [0.15, 0.2) is 0 Å². The highest BCUT2D eigenvalue weighted by Gasteiger charge is 2.25. The Labute approximate surface area is 95.9 Å². The fourth-order valence-corrected chi connectivity index (χ4v) is 1.98. The number of rotatable bonds is 3. The Morgan fingerprint density at radius 1 is 1.38 bits per heavy atom. The molecule has 0 amide bonds. The van der Waals surface area contributed by atoms with E-state index < -0.39 is 6.10 Å². The highest BCUT2D eigenvalue weighted by Crippen LogP contribution is 2.19. The highest BCUT2D eigenvalue weighted by molar-refractivity contribution is 5.08. The molecule has 2 rings (SSSR count). The van der Waals surface area contributed by atoms with E-state index in [9.17, 15) is 5.11 Å². The lowest BCUT2D eigenvalue weighted by molar-refractivity contribution is -0.0176. The van der Waals surface area contributed by atoms with E-state index in [2.05, 4.69) is 9.88 Å². The Morgan fingerprint density at radius 3 is 2.75 bits per heavy atom. The molecule has 0 unspecified atom stereocenters. The van der Waals surface area contributed by atoms with Crippen molar-refractivity contribution < 1.29 is 9.84 Å². The molecular formula is C12H18N2O2. The first-order chi connectivity index (χ1) is 7.79. The molecule has 1 aromatic rings. The van der Waals surface area contributed by atoms with Crippen LogP contribution in [0.25, 0.3) is 0 Å². The summed E-state index contributed by atoms with van der Waals surface area (Å²) in [7, 11) is 0. The number of nitrogens with zero attached hydrogens (tertiary/aromatic N) is 2. The van der Waals surface area contributed by atoms with Gasteiger partial charge in [0, 0.05) is 25.3 Å². The number of aliphatic hydroxyl groups is 1. The van der Waals surface area contributed by atoms with E-state index in [1.54, 1.807) is 6.20 Å². The summed E-state index contributed by atoms with van der Waals surface area (Å²) >= 11 is 0. The maximum Gasteiger partial charge on any atom is 0.111 e. The van der Waals surface area contributed by atoms with Crippen LogP contribution >= 0.6 is 0 Å². The standard InChI is InChI=1S/C12H18N2O2/c1-10(14-6-8-16-9-7-14)12(15)11-4-2-3-5-13-11/h2-5,10,12,15H,6-9H2,1H3/t10-,12+/m0/s1. The third-order valence-electron chi connectivity index (χ3n) is 3.07. The van der Waals surface area contributed by atoms with Crippen LogP contribution in [0, 0.1) is 0 Å². The number of morpholine rings is 1. The molecule has 4 heteroatoms. The summed E-state index contributed by atoms with van der Waals surface area (Å²) in [5.41, 5.74) is 0.737. The second-order valence-electron chi connectivity index (χ2n) is 4.09. The number of hydrogen-bond donors (Lipinski definition) is 1. The molecular weight excluding hydrogens is 204 g/mol. The number of pyridine rings is 1. The molecule has 0 radical (unpaired) electrons. The maximum absolute atomic E-state index is 10.2. The molecule has 0 bridgehead atoms. The lowest BCUT2D eigenvalue weighted by Gasteiger charge is -2.34. The SMILES string of the molecule is C[C@@H]([C@@H](O)c1ccccn1)N1CCOCC1.